The van der Waals surface area contributed by atoms with E-state index in [1.54, 1.807) is 0 Å². The van der Waals surface area contributed by atoms with E-state index in [0.29, 0.717) is 5.56 Å². The molecule has 0 aliphatic heterocycles. The second-order valence-electron chi connectivity index (χ2n) is 4.50. The Morgan fingerprint density at radius 2 is 1.77 bits per heavy atom. The monoisotopic (exact) mass is 314 g/mol. The number of alkyl halides is 3. The van der Waals surface area contributed by atoms with Crippen molar-refractivity contribution in [1.82, 2.24) is 0 Å². The number of rotatable bonds is 3. The zero-order valence-corrected chi connectivity index (χ0v) is 11.2. The van der Waals surface area contributed by atoms with Gasteiger partial charge in [0.15, 0.2) is 0 Å². The van der Waals surface area contributed by atoms with Crippen LogP contribution >= 0.6 is 0 Å². The standard InChI is InChI=1S/C15H10F4O3/c1-8-6-12(16)11(14(20)21)7-10(8)9-4-2-3-5-13(9)22-15(17,18)19/h2-7H,1H3,(H,20,21). The van der Waals surface area contributed by atoms with Crippen LogP contribution in [0.25, 0.3) is 11.1 Å². The summed E-state index contributed by atoms with van der Waals surface area (Å²) in [5.41, 5.74) is -0.151. The molecule has 0 radical (unpaired) electrons. The van der Waals surface area contributed by atoms with Gasteiger partial charge in [-0.3, -0.25) is 0 Å². The number of carbonyl (C=O) groups is 1. The van der Waals surface area contributed by atoms with Crippen LogP contribution in [0.4, 0.5) is 17.6 Å². The number of benzene rings is 2. The molecule has 0 bridgehead atoms. The number of para-hydroxylation sites is 1. The second kappa shape index (κ2) is 5.67. The van der Waals surface area contributed by atoms with Crippen LogP contribution in [0.1, 0.15) is 15.9 Å². The van der Waals surface area contributed by atoms with Crippen LogP contribution in [-0.4, -0.2) is 17.4 Å². The number of ether oxygens (including phenoxy) is 1. The zero-order chi connectivity index (χ0) is 16.5. The van der Waals surface area contributed by atoms with E-state index in [-0.39, 0.29) is 11.1 Å². The largest absolute Gasteiger partial charge is 0.573 e. The molecule has 1 N–H and O–H groups in total. The van der Waals surface area contributed by atoms with Crippen LogP contribution in [0.5, 0.6) is 5.75 Å². The van der Waals surface area contributed by atoms with E-state index in [2.05, 4.69) is 4.74 Å². The lowest BCUT2D eigenvalue weighted by Crippen LogP contribution is -2.17. The molecule has 0 spiro atoms. The summed E-state index contributed by atoms with van der Waals surface area (Å²) >= 11 is 0. The molecule has 2 aromatic carbocycles. The quantitative estimate of drug-likeness (QED) is 0.854. The predicted octanol–water partition coefficient (Wildman–Crippen LogP) is 4.40. The molecule has 2 rings (SSSR count). The van der Waals surface area contributed by atoms with E-state index in [0.717, 1.165) is 18.2 Å². The predicted molar refractivity (Wildman–Crippen MR) is 70.2 cm³/mol. The molecule has 0 saturated carbocycles. The maximum atomic E-state index is 13.6. The van der Waals surface area contributed by atoms with Crippen LogP contribution < -0.4 is 4.74 Å². The maximum absolute atomic E-state index is 13.6. The maximum Gasteiger partial charge on any atom is 0.573 e. The summed E-state index contributed by atoms with van der Waals surface area (Å²) < 4.78 is 54.8. The first-order valence-electron chi connectivity index (χ1n) is 6.07. The van der Waals surface area contributed by atoms with E-state index in [9.17, 15) is 22.4 Å². The van der Waals surface area contributed by atoms with E-state index in [1.165, 1.54) is 25.1 Å². The Kier molecular flexibility index (Phi) is 4.07. The average molecular weight is 314 g/mol. The molecule has 0 aliphatic rings. The lowest BCUT2D eigenvalue weighted by Gasteiger charge is -2.15. The zero-order valence-electron chi connectivity index (χ0n) is 11.2. The number of halogens is 4. The van der Waals surface area contributed by atoms with Gasteiger partial charge >= 0.3 is 12.3 Å². The summed E-state index contributed by atoms with van der Waals surface area (Å²) in [5, 5.41) is 8.93. The van der Waals surface area contributed by atoms with Gasteiger partial charge in [0.25, 0.3) is 0 Å². The lowest BCUT2D eigenvalue weighted by molar-refractivity contribution is -0.274. The topological polar surface area (TPSA) is 46.5 Å². The van der Waals surface area contributed by atoms with Gasteiger partial charge in [0.2, 0.25) is 0 Å². The van der Waals surface area contributed by atoms with E-state index in [4.69, 9.17) is 5.11 Å². The molecular weight excluding hydrogens is 304 g/mol. The molecule has 0 fully saturated rings. The summed E-state index contributed by atoms with van der Waals surface area (Å²) in [6.45, 7) is 1.47. The number of hydrogen-bond acceptors (Lipinski definition) is 2. The van der Waals surface area contributed by atoms with Crippen LogP contribution in [0.3, 0.4) is 0 Å². The van der Waals surface area contributed by atoms with Gasteiger partial charge in [0.1, 0.15) is 11.6 Å². The summed E-state index contributed by atoms with van der Waals surface area (Å²) in [4.78, 5) is 11.0. The molecule has 2 aromatic rings. The fraction of sp³-hybridized carbons (Fsp3) is 0.133. The number of aromatic carboxylic acids is 1. The highest BCUT2D eigenvalue weighted by Crippen LogP contribution is 2.36. The van der Waals surface area contributed by atoms with Crippen molar-refractivity contribution < 1.29 is 32.2 Å². The van der Waals surface area contributed by atoms with Gasteiger partial charge in [-0.15, -0.1) is 13.2 Å². The van der Waals surface area contributed by atoms with Gasteiger partial charge in [-0.1, -0.05) is 18.2 Å². The Hall–Kier alpha value is -2.57. The summed E-state index contributed by atoms with van der Waals surface area (Å²) in [6.07, 6.45) is -4.89. The molecular formula is C15H10F4O3. The summed E-state index contributed by atoms with van der Waals surface area (Å²) in [5.74, 6) is -2.95. The first-order valence-corrected chi connectivity index (χ1v) is 6.07. The van der Waals surface area contributed by atoms with Crippen molar-refractivity contribution in [3.63, 3.8) is 0 Å². The Morgan fingerprint density at radius 3 is 2.36 bits per heavy atom. The molecule has 0 heterocycles. The molecule has 0 atom stereocenters. The van der Waals surface area contributed by atoms with E-state index >= 15 is 0 Å². The third-order valence-corrected chi connectivity index (χ3v) is 2.95. The van der Waals surface area contributed by atoms with Crippen molar-refractivity contribution in [2.75, 3.05) is 0 Å². The molecule has 7 heteroatoms. The minimum atomic E-state index is -4.89. The summed E-state index contributed by atoms with van der Waals surface area (Å²) in [7, 11) is 0. The smallest absolute Gasteiger partial charge is 0.478 e. The molecule has 22 heavy (non-hydrogen) atoms. The van der Waals surface area contributed by atoms with Gasteiger partial charge in [-0.2, -0.15) is 0 Å². The average Bonchev–Trinajstić information content (AvgIpc) is 2.37. The minimum absolute atomic E-state index is 0.0276. The normalized spacial score (nSPS) is 11.3. The van der Waals surface area contributed by atoms with Gasteiger partial charge in [0, 0.05) is 5.56 Å². The van der Waals surface area contributed by atoms with Gasteiger partial charge < -0.3 is 9.84 Å². The van der Waals surface area contributed by atoms with E-state index in [1.807, 2.05) is 0 Å². The highest BCUT2D eigenvalue weighted by atomic mass is 19.4. The molecule has 116 valence electrons. The van der Waals surface area contributed by atoms with Crippen LogP contribution in [0.2, 0.25) is 0 Å². The fourth-order valence-electron chi connectivity index (χ4n) is 2.03. The van der Waals surface area contributed by atoms with Crippen molar-refractivity contribution in [1.29, 1.82) is 0 Å². The Bertz CT molecular complexity index is 723. The summed E-state index contributed by atoms with van der Waals surface area (Å²) in [6, 6.07) is 7.22. The molecule has 0 amide bonds. The van der Waals surface area contributed by atoms with E-state index < -0.39 is 29.5 Å². The van der Waals surface area contributed by atoms with Crippen molar-refractivity contribution in [3.05, 3.63) is 53.3 Å². The van der Waals surface area contributed by atoms with Crippen LogP contribution in [0.15, 0.2) is 36.4 Å². The molecule has 0 aliphatic carbocycles. The fourth-order valence-corrected chi connectivity index (χ4v) is 2.03. The third kappa shape index (κ3) is 3.36. The van der Waals surface area contributed by atoms with Gasteiger partial charge in [-0.25, -0.2) is 9.18 Å². The molecule has 3 nitrogen and oxygen atoms in total. The first kappa shape index (κ1) is 15.8. The Labute approximate surface area is 122 Å². The highest BCUT2D eigenvalue weighted by Gasteiger charge is 2.32. The molecule has 0 unspecified atom stereocenters. The first-order chi connectivity index (χ1) is 10.2. The second-order valence-corrected chi connectivity index (χ2v) is 4.50. The Morgan fingerprint density at radius 1 is 1.14 bits per heavy atom. The number of carboxylic acids is 1. The van der Waals surface area contributed by atoms with Crippen LogP contribution in [-0.2, 0) is 0 Å². The van der Waals surface area contributed by atoms with Crippen molar-refractivity contribution >= 4 is 5.97 Å². The van der Waals surface area contributed by atoms with Crippen molar-refractivity contribution in [3.8, 4) is 16.9 Å². The molecule has 0 aromatic heterocycles. The van der Waals surface area contributed by atoms with Crippen LogP contribution in [0, 0.1) is 12.7 Å². The molecule has 0 saturated heterocycles. The van der Waals surface area contributed by atoms with Gasteiger partial charge in [-0.05, 0) is 36.2 Å². The van der Waals surface area contributed by atoms with Gasteiger partial charge in [0.05, 0.1) is 5.56 Å². The lowest BCUT2D eigenvalue weighted by atomic mass is 9.97. The van der Waals surface area contributed by atoms with Crippen molar-refractivity contribution in [2.45, 2.75) is 13.3 Å². The minimum Gasteiger partial charge on any atom is -0.478 e. The Balaban J connectivity index is 2.62. The van der Waals surface area contributed by atoms with Crippen molar-refractivity contribution in [2.24, 2.45) is 0 Å². The highest BCUT2D eigenvalue weighted by molar-refractivity contribution is 5.90. The number of aryl methyl sites for hydroxylation is 1. The number of hydrogen-bond donors (Lipinski definition) is 1. The number of carboxylic acid groups (broad SMARTS) is 1. The third-order valence-electron chi connectivity index (χ3n) is 2.95. The SMILES string of the molecule is Cc1cc(F)c(C(=O)O)cc1-c1ccccc1OC(F)(F)F.